The van der Waals surface area contributed by atoms with Crippen molar-refractivity contribution in [3.05, 3.63) is 12.3 Å². The van der Waals surface area contributed by atoms with Crippen LogP contribution in [0.5, 0.6) is 0 Å². The molecule has 1 unspecified atom stereocenters. The minimum atomic E-state index is -0.481. The van der Waals surface area contributed by atoms with Gasteiger partial charge in [0.1, 0.15) is 0 Å². The molecular weight excluding hydrogens is 178 g/mol. The number of hydrogen-bond acceptors (Lipinski definition) is 2. The quantitative estimate of drug-likeness (QED) is 0.693. The molecule has 1 heterocycles. The zero-order valence-corrected chi connectivity index (χ0v) is 9.30. The Morgan fingerprint density at radius 3 is 2.57 bits per heavy atom. The number of rotatable bonds is 4. The lowest BCUT2D eigenvalue weighted by Crippen LogP contribution is -2.27. The Kier molecular flexibility index (Phi) is 3.19. The first-order chi connectivity index (χ1) is 6.55. The predicted molar refractivity (Wildman–Crippen MR) is 55.9 cm³/mol. The summed E-state index contributed by atoms with van der Waals surface area (Å²) in [6.07, 6.45) is 2.60. The van der Waals surface area contributed by atoms with E-state index in [1.165, 1.54) is 0 Å². The molecule has 1 rings (SSSR count). The Labute approximate surface area is 85.7 Å². The molecule has 1 saturated heterocycles. The standard InChI is InChI=1S/C11H19NO2/c1-5-7-8-12-9(3)11(4,6-2)14-10(12)13/h3,5-8H2,1-2,4H3. The van der Waals surface area contributed by atoms with Gasteiger partial charge in [-0.2, -0.15) is 0 Å². The third-order valence-electron chi connectivity index (χ3n) is 2.88. The lowest BCUT2D eigenvalue weighted by Gasteiger charge is -2.22. The van der Waals surface area contributed by atoms with Gasteiger partial charge in [-0.3, -0.25) is 4.90 Å². The summed E-state index contributed by atoms with van der Waals surface area (Å²) in [5.41, 5.74) is 0.323. The van der Waals surface area contributed by atoms with Crippen LogP contribution in [0.15, 0.2) is 12.3 Å². The SMILES string of the molecule is C=C1N(CCCC)C(=O)OC1(C)CC. The number of hydrogen-bond donors (Lipinski definition) is 0. The summed E-state index contributed by atoms with van der Waals surface area (Å²) in [7, 11) is 0. The van der Waals surface area contributed by atoms with E-state index in [-0.39, 0.29) is 6.09 Å². The number of amides is 1. The fourth-order valence-electron chi connectivity index (χ4n) is 1.52. The molecule has 1 atom stereocenters. The summed E-state index contributed by atoms with van der Waals surface area (Å²) < 4.78 is 5.31. The van der Waals surface area contributed by atoms with E-state index in [4.69, 9.17) is 4.74 Å². The zero-order chi connectivity index (χ0) is 10.8. The van der Waals surface area contributed by atoms with Crippen molar-refractivity contribution in [3.8, 4) is 0 Å². The van der Waals surface area contributed by atoms with E-state index >= 15 is 0 Å². The maximum absolute atomic E-state index is 11.5. The first-order valence-corrected chi connectivity index (χ1v) is 5.25. The molecule has 0 saturated carbocycles. The van der Waals surface area contributed by atoms with Gasteiger partial charge in [-0.25, -0.2) is 4.79 Å². The van der Waals surface area contributed by atoms with E-state index in [1.54, 1.807) is 4.90 Å². The second kappa shape index (κ2) is 4.03. The smallest absolute Gasteiger partial charge is 0.415 e. The maximum atomic E-state index is 11.5. The van der Waals surface area contributed by atoms with Crippen LogP contribution in [0, 0.1) is 0 Å². The van der Waals surface area contributed by atoms with Crippen molar-refractivity contribution in [2.45, 2.75) is 45.6 Å². The van der Waals surface area contributed by atoms with Crippen molar-refractivity contribution in [1.29, 1.82) is 0 Å². The second-order valence-electron chi connectivity index (χ2n) is 3.90. The molecular formula is C11H19NO2. The van der Waals surface area contributed by atoms with E-state index in [0.29, 0.717) is 0 Å². The van der Waals surface area contributed by atoms with Gasteiger partial charge in [-0.1, -0.05) is 26.8 Å². The van der Waals surface area contributed by atoms with Crippen molar-refractivity contribution >= 4 is 6.09 Å². The zero-order valence-electron chi connectivity index (χ0n) is 9.30. The highest BCUT2D eigenvalue weighted by Gasteiger charge is 2.43. The third kappa shape index (κ3) is 1.76. The van der Waals surface area contributed by atoms with Crippen LogP contribution in [0.1, 0.15) is 40.0 Å². The van der Waals surface area contributed by atoms with Crippen molar-refractivity contribution < 1.29 is 9.53 Å². The van der Waals surface area contributed by atoms with Crippen LogP contribution in [-0.2, 0) is 4.74 Å². The molecule has 1 aliphatic rings. The highest BCUT2D eigenvalue weighted by Crippen LogP contribution is 2.34. The molecule has 0 aromatic heterocycles. The number of ether oxygens (including phenoxy) is 1. The molecule has 3 heteroatoms. The average Bonchev–Trinajstić information content (AvgIpc) is 2.37. The van der Waals surface area contributed by atoms with Gasteiger partial charge in [-0.15, -0.1) is 0 Å². The minimum Gasteiger partial charge on any atom is -0.436 e. The minimum absolute atomic E-state index is 0.243. The van der Waals surface area contributed by atoms with Crippen molar-refractivity contribution in [1.82, 2.24) is 4.90 Å². The van der Waals surface area contributed by atoms with Crippen LogP contribution in [0.25, 0.3) is 0 Å². The molecule has 0 radical (unpaired) electrons. The predicted octanol–water partition coefficient (Wildman–Crippen LogP) is 2.92. The van der Waals surface area contributed by atoms with Gasteiger partial charge in [0.2, 0.25) is 0 Å². The topological polar surface area (TPSA) is 29.5 Å². The molecule has 1 amide bonds. The molecule has 0 aromatic carbocycles. The summed E-state index contributed by atoms with van der Waals surface area (Å²) in [4.78, 5) is 13.2. The number of nitrogens with zero attached hydrogens (tertiary/aromatic N) is 1. The highest BCUT2D eigenvalue weighted by atomic mass is 16.6. The number of carbonyl (C=O) groups excluding carboxylic acids is 1. The normalized spacial score (nSPS) is 26.9. The number of carbonyl (C=O) groups is 1. The highest BCUT2D eigenvalue weighted by molar-refractivity contribution is 5.74. The van der Waals surface area contributed by atoms with Crippen molar-refractivity contribution in [3.63, 3.8) is 0 Å². The van der Waals surface area contributed by atoms with Gasteiger partial charge in [-0.05, 0) is 19.8 Å². The average molecular weight is 197 g/mol. The fourth-order valence-corrected chi connectivity index (χ4v) is 1.52. The summed E-state index contributed by atoms with van der Waals surface area (Å²) in [6, 6.07) is 0. The van der Waals surface area contributed by atoms with Crippen LogP contribution >= 0.6 is 0 Å². The number of unbranched alkanes of at least 4 members (excludes halogenated alkanes) is 1. The molecule has 80 valence electrons. The van der Waals surface area contributed by atoms with Crippen LogP contribution in [-0.4, -0.2) is 23.1 Å². The molecule has 0 aliphatic carbocycles. The van der Waals surface area contributed by atoms with Gasteiger partial charge in [0.15, 0.2) is 5.60 Å². The third-order valence-corrected chi connectivity index (χ3v) is 2.88. The maximum Gasteiger partial charge on any atom is 0.415 e. The Morgan fingerprint density at radius 1 is 1.50 bits per heavy atom. The Bertz CT molecular complexity index is 250. The molecule has 0 aromatic rings. The Hall–Kier alpha value is -0.990. The Morgan fingerprint density at radius 2 is 2.14 bits per heavy atom. The lowest BCUT2D eigenvalue weighted by atomic mass is 10.00. The van der Waals surface area contributed by atoms with Gasteiger partial charge in [0.25, 0.3) is 0 Å². The monoisotopic (exact) mass is 197 g/mol. The van der Waals surface area contributed by atoms with Gasteiger partial charge >= 0.3 is 6.09 Å². The van der Waals surface area contributed by atoms with Crippen LogP contribution in [0.4, 0.5) is 4.79 Å². The second-order valence-corrected chi connectivity index (χ2v) is 3.90. The fraction of sp³-hybridized carbons (Fsp3) is 0.727. The van der Waals surface area contributed by atoms with Crippen molar-refractivity contribution in [2.75, 3.05) is 6.54 Å². The lowest BCUT2D eigenvalue weighted by molar-refractivity contribution is 0.0788. The van der Waals surface area contributed by atoms with E-state index in [9.17, 15) is 4.79 Å². The van der Waals surface area contributed by atoms with E-state index in [2.05, 4.69) is 13.5 Å². The van der Waals surface area contributed by atoms with Crippen LogP contribution in [0.2, 0.25) is 0 Å². The van der Waals surface area contributed by atoms with Gasteiger partial charge in [0.05, 0.1) is 5.70 Å². The number of cyclic esters (lactones) is 1. The van der Waals surface area contributed by atoms with E-state index in [1.807, 2.05) is 13.8 Å². The van der Waals surface area contributed by atoms with E-state index in [0.717, 1.165) is 31.5 Å². The molecule has 3 nitrogen and oxygen atoms in total. The van der Waals surface area contributed by atoms with Gasteiger partial charge in [0, 0.05) is 6.54 Å². The summed E-state index contributed by atoms with van der Waals surface area (Å²) in [5.74, 6) is 0. The summed E-state index contributed by atoms with van der Waals surface area (Å²) in [5, 5.41) is 0. The van der Waals surface area contributed by atoms with Crippen LogP contribution < -0.4 is 0 Å². The molecule has 0 bridgehead atoms. The molecule has 1 aliphatic heterocycles. The molecule has 14 heavy (non-hydrogen) atoms. The summed E-state index contributed by atoms with van der Waals surface area (Å²) >= 11 is 0. The first kappa shape index (κ1) is 11.1. The van der Waals surface area contributed by atoms with E-state index < -0.39 is 5.60 Å². The van der Waals surface area contributed by atoms with Crippen molar-refractivity contribution in [2.24, 2.45) is 0 Å². The Balaban J connectivity index is 2.70. The summed E-state index contributed by atoms with van der Waals surface area (Å²) in [6.45, 7) is 10.7. The van der Waals surface area contributed by atoms with Gasteiger partial charge < -0.3 is 4.74 Å². The largest absolute Gasteiger partial charge is 0.436 e. The molecule has 0 N–H and O–H groups in total. The van der Waals surface area contributed by atoms with Crippen LogP contribution in [0.3, 0.4) is 0 Å². The first-order valence-electron chi connectivity index (χ1n) is 5.25. The molecule has 0 spiro atoms. The molecule has 1 fully saturated rings.